The first-order valence-electron chi connectivity index (χ1n) is 4.85. The maximum absolute atomic E-state index is 5.90. The average Bonchev–Trinajstić information content (AvgIpc) is 2.66. The summed E-state index contributed by atoms with van der Waals surface area (Å²) < 4.78 is 0. The fourth-order valence-electron chi connectivity index (χ4n) is 1.29. The van der Waals surface area contributed by atoms with E-state index in [1.54, 1.807) is 0 Å². The number of aromatic amines is 1. The van der Waals surface area contributed by atoms with Gasteiger partial charge in [-0.25, -0.2) is 4.98 Å². The van der Waals surface area contributed by atoms with Gasteiger partial charge in [-0.05, 0) is 12.1 Å². The van der Waals surface area contributed by atoms with Gasteiger partial charge in [0.15, 0.2) is 5.82 Å². The molecule has 0 saturated carbocycles. The zero-order valence-electron chi connectivity index (χ0n) is 8.66. The Labute approximate surface area is 93.5 Å². The van der Waals surface area contributed by atoms with Crippen molar-refractivity contribution in [1.82, 2.24) is 15.2 Å². The standard InChI is InChI=1S/C11H12ClN3/c1-7(2)10-13-11(15-14-10)8-4-3-5-9(12)6-8/h3-7H,1-2H3,(H,13,14,15). The Bertz CT molecular complexity index is 462. The van der Waals surface area contributed by atoms with Crippen LogP contribution in [0.2, 0.25) is 5.02 Å². The van der Waals surface area contributed by atoms with E-state index in [-0.39, 0.29) is 0 Å². The van der Waals surface area contributed by atoms with Gasteiger partial charge in [-0.2, -0.15) is 5.10 Å². The zero-order valence-corrected chi connectivity index (χ0v) is 9.42. The predicted octanol–water partition coefficient (Wildman–Crippen LogP) is 3.25. The molecule has 1 heterocycles. The van der Waals surface area contributed by atoms with Crippen LogP contribution in [0.5, 0.6) is 0 Å². The van der Waals surface area contributed by atoms with Crippen molar-refractivity contribution in [2.75, 3.05) is 0 Å². The SMILES string of the molecule is CC(C)c1nc(-c2cccc(Cl)c2)n[nH]1. The number of rotatable bonds is 2. The number of benzene rings is 1. The van der Waals surface area contributed by atoms with Crippen molar-refractivity contribution in [3.05, 3.63) is 35.1 Å². The van der Waals surface area contributed by atoms with Gasteiger partial charge < -0.3 is 0 Å². The normalized spacial score (nSPS) is 10.9. The predicted molar refractivity (Wildman–Crippen MR) is 60.9 cm³/mol. The number of hydrogen-bond acceptors (Lipinski definition) is 2. The van der Waals surface area contributed by atoms with Crippen LogP contribution in [0.3, 0.4) is 0 Å². The number of nitrogens with zero attached hydrogens (tertiary/aromatic N) is 2. The monoisotopic (exact) mass is 221 g/mol. The third-order valence-corrected chi connectivity index (χ3v) is 2.37. The molecule has 2 rings (SSSR count). The summed E-state index contributed by atoms with van der Waals surface area (Å²) in [7, 11) is 0. The maximum atomic E-state index is 5.90. The van der Waals surface area contributed by atoms with Crippen molar-refractivity contribution in [3.8, 4) is 11.4 Å². The Hall–Kier alpha value is -1.35. The molecule has 78 valence electrons. The van der Waals surface area contributed by atoms with Gasteiger partial charge in [-0.3, -0.25) is 5.10 Å². The second-order valence-electron chi connectivity index (χ2n) is 3.71. The van der Waals surface area contributed by atoms with Crippen molar-refractivity contribution in [2.24, 2.45) is 0 Å². The highest BCUT2D eigenvalue weighted by Gasteiger charge is 2.08. The number of aromatic nitrogens is 3. The van der Waals surface area contributed by atoms with E-state index in [9.17, 15) is 0 Å². The van der Waals surface area contributed by atoms with Crippen molar-refractivity contribution in [1.29, 1.82) is 0 Å². The van der Waals surface area contributed by atoms with Crippen LogP contribution in [0.4, 0.5) is 0 Å². The molecule has 4 heteroatoms. The number of hydrogen-bond donors (Lipinski definition) is 1. The van der Waals surface area contributed by atoms with Crippen molar-refractivity contribution in [2.45, 2.75) is 19.8 Å². The van der Waals surface area contributed by atoms with E-state index in [1.165, 1.54) is 0 Å². The minimum Gasteiger partial charge on any atom is -0.262 e. The Balaban J connectivity index is 2.37. The van der Waals surface area contributed by atoms with Crippen LogP contribution in [-0.4, -0.2) is 15.2 Å². The van der Waals surface area contributed by atoms with E-state index >= 15 is 0 Å². The minimum absolute atomic E-state index is 0.352. The first-order chi connectivity index (χ1) is 7.16. The molecule has 0 radical (unpaired) electrons. The molecule has 2 aromatic rings. The third kappa shape index (κ3) is 2.18. The second-order valence-corrected chi connectivity index (χ2v) is 4.15. The van der Waals surface area contributed by atoms with Gasteiger partial charge in [0, 0.05) is 16.5 Å². The third-order valence-electron chi connectivity index (χ3n) is 2.13. The smallest absolute Gasteiger partial charge is 0.181 e. The fourth-order valence-corrected chi connectivity index (χ4v) is 1.48. The zero-order chi connectivity index (χ0) is 10.8. The summed E-state index contributed by atoms with van der Waals surface area (Å²) in [5.74, 6) is 1.94. The molecule has 3 nitrogen and oxygen atoms in total. The summed E-state index contributed by atoms with van der Waals surface area (Å²) in [6, 6.07) is 7.53. The van der Waals surface area contributed by atoms with Crippen LogP contribution < -0.4 is 0 Å². The molecular formula is C11H12ClN3. The lowest BCUT2D eigenvalue weighted by Gasteiger charge is -1.96. The first kappa shape index (κ1) is 10.2. The van der Waals surface area contributed by atoms with Crippen LogP contribution in [0.1, 0.15) is 25.6 Å². The molecule has 1 aromatic carbocycles. The van der Waals surface area contributed by atoms with Gasteiger partial charge in [0.25, 0.3) is 0 Å². The largest absolute Gasteiger partial charge is 0.262 e. The summed E-state index contributed by atoms with van der Waals surface area (Å²) in [4.78, 5) is 4.40. The molecule has 0 amide bonds. The molecule has 0 unspecified atom stereocenters. The van der Waals surface area contributed by atoms with Gasteiger partial charge in [-0.1, -0.05) is 37.6 Å². The van der Waals surface area contributed by atoms with E-state index < -0.39 is 0 Å². The summed E-state index contributed by atoms with van der Waals surface area (Å²) in [6.07, 6.45) is 0. The minimum atomic E-state index is 0.352. The fraction of sp³-hybridized carbons (Fsp3) is 0.273. The maximum Gasteiger partial charge on any atom is 0.181 e. The van der Waals surface area contributed by atoms with Crippen LogP contribution in [0.15, 0.2) is 24.3 Å². The lowest BCUT2D eigenvalue weighted by Crippen LogP contribution is -1.89. The number of nitrogens with one attached hydrogen (secondary N) is 1. The Morgan fingerprint density at radius 3 is 2.73 bits per heavy atom. The van der Waals surface area contributed by atoms with E-state index in [0.29, 0.717) is 16.8 Å². The van der Waals surface area contributed by atoms with Crippen molar-refractivity contribution in [3.63, 3.8) is 0 Å². The van der Waals surface area contributed by atoms with Crippen LogP contribution in [0, 0.1) is 0 Å². The Morgan fingerprint density at radius 2 is 2.13 bits per heavy atom. The molecule has 0 bridgehead atoms. The Kier molecular flexibility index (Phi) is 2.73. The molecule has 0 spiro atoms. The molecule has 15 heavy (non-hydrogen) atoms. The molecule has 0 aliphatic rings. The van der Waals surface area contributed by atoms with Crippen LogP contribution >= 0.6 is 11.6 Å². The average molecular weight is 222 g/mol. The molecule has 1 aromatic heterocycles. The van der Waals surface area contributed by atoms with Gasteiger partial charge in [0.05, 0.1) is 0 Å². The lowest BCUT2D eigenvalue weighted by atomic mass is 10.2. The van der Waals surface area contributed by atoms with E-state index in [1.807, 2.05) is 24.3 Å². The molecule has 0 saturated heterocycles. The molecule has 0 aliphatic heterocycles. The summed E-state index contributed by atoms with van der Waals surface area (Å²) in [5, 5.41) is 7.77. The second kappa shape index (κ2) is 4.03. The number of halogens is 1. The molecule has 0 aliphatic carbocycles. The molecular weight excluding hydrogens is 210 g/mol. The van der Waals surface area contributed by atoms with Gasteiger partial charge in [0.2, 0.25) is 0 Å². The van der Waals surface area contributed by atoms with Crippen molar-refractivity contribution >= 4 is 11.6 Å². The summed E-state index contributed by atoms with van der Waals surface area (Å²) in [6.45, 7) is 4.14. The first-order valence-corrected chi connectivity index (χ1v) is 5.23. The number of H-pyrrole nitrogens is 1. The van der Waals surface area contributed by atoms with Crippen LogP contribution in [-0.2, 0) is 0 Å². The highest BCUT2D eigenvalue weighted by atomic mass is 35.5. The van der Waals surface area contributed by atoms with Crippen molar-refractivity contribution < 1.29 is 0 Å². The van der Waals surface area contributed by atoms with Gasteiger partial charge in [-0.15, -0.1) is 0 Å². The van der Waals surface area contributed by atoms with E-state index in [4.69, 9.17) is 11.6 Å². The highest BCUT2D eigenvalue weighted by Crippen LogP contribution is 2.20. The molecule has 0 fully saturated rings. The molecule has 0 atom stereocenters. The lowest BCUT2D eigenvalue weighted by molar-refractivity contribution is 0.781. The topological polar surface area (TPSA) is 41.6 Å². The summed E-state index contributed by atoms with van der Waals surface area (Å²) >= 11 is 5.90. The van der Waals surface area contributed by atoms with E-state index in [2.05, 4.69) is 29.0 Å². The van der Waals surface area contributed by atoms with Gasteiger partial charge in [0.1, 0.15) is 5.82 Å². The van der Waals surface area contributed by atoms with E-state index in [0.717, 1.165) is 11.4 Å². The van der Waals surface area contributed by atoms with Gasteiger partial charge >= 0.3 is 0 Å². The van der Waals surface area contributed by atoms with Crippen LogP contribution in [0.25, 0.3) is 11.4 Å². The Morgan fingerprint density at radius 1 is 1.33 bits per heavy atom. The quantitative estimate of drug-likeness (QED) is 0.846. The molecule has 1 N–H and O–H groups in total. The highest BCUT2D eigenvalue weighted by molar-refractivity contribution is 6.30. The summed E-state index contributed by atoms with van der Waals surface area (Å²) in [5.41, 5.74) is 0.936.